The monoisotopic (exact) mass is 312 g/mol. The van der Waals surface area contributed by atoms with Crippen molar-refractivity contribution in [2.45, 2.75) is 31.3 Å². The molecule has 1 rings (SSSR count). The number of guanidine groups is 1. The number of ether oxygens (including phenoxy) is 1. The minimum atomic E-state index is -3.38. The normalized spacial score (nSPS) is 11.2. The van der Waals surface area contributed by atoms with Gasteiger partial charge in [0.25, 0.3) is 0 Å². The number of amides is 1. The van der Waals surface area contributed by atoms with E-state index in [1.165, 1.54) is 6.07 Å². The molecule has 7 nitrogen and oxygen atoms in total. The van der Waals surface area contributed by atoms with Crippen LogP contribution in [0.15, 0.2) is 23.1 Å². The maximum Gasteiger partial charge on any atom is 0.437 e. The molecule has 0 spiro atoms. The molecule has 0 unspecified atom stereocenters. The number of rotatable bonds is 4. The lowest BCUT2D eigenvalue weighted by Gasteiger charge is -2.13. The first-order valence-corrected chi connectivity index (χ1v) is 8.05. The number of nitrogens with two attached hydrogens (primary N) is 1. The van der Waals surface area contributed by atoms with E-state index in [-0.39, 0.29) is 17.4 Å². The Hall–Kier alpha value is -2.09. The van der Waals surface area contributed by atoms with E-state index in [1.807, 2.05) is 13.8 Å². The van der Waals surface area contributed by atoms with E-state index in [4.69, 9.17) is 15.9 Å². The van der Waals surface area contributed by atoms with E-state index >= 15 is 0 Å². The molecule has 21 heavy (non-hydrogen) atoms. The van der Waals surface area contributed by atoms with Gasteiger partial charge in [0, 0.05) is 6.26 Å². The molecule has 3 N–H and O–H groups in total. The molecule has 1 aromatic carbocycles. The summed E-state index contributed by atoms with van der Waals surface area (Å²) in [7, 11) is -3.38. The third-order valence-corrected chi connectivity index (χ3v) is 3.83. The molecule has 0 aliphatic heterocycles. The SMILES string of the molecule is CC(C)c1ccc(COC(=O)[N]C(=N)N)cc1S(C)(=O)=O. The third kappa shape index (κ3) is 5.07. The van der Waals surface area contributed by atoms with Crippen molar-refractivity contribution < 1.29 is 17.9 Å². The minimum Gasteiger partial charge on any atom is -0.443 e. The lowest BCUT2D eigenvalue weighted by molar-refractivity contribution is 0.144. The van der Waals surface area contributed by atoms with Crippen molar-refractivity contribution in [1.82, 2.24) is 5.32 Å². The Labute approximate surface area is 123 Å². The lowest BCUT2D eigenvalue weighted by atomic mass is 10.0. The molecular formula is C13H18N3O4S. The minimum absolute atomic E-state index is 0.0547. The highest BCUT2D eigenvalue weighted by Gasteiger charge is 2.17. The molecule has 0 fully saturated rings. The summed E-state index contributed by atoms with van der Waals surface area (Å²) in [6.07, 6.45) is 0.145. The van der Waals surface area contributed by atoms with Gasteiger partial charge in [-0.2, -0.15) is 0 Å². The van der Waals surface area contributed by atoms with Gasteiger partial charge in [-0.1, -0.05) is 26.0 Å². The van der Waals surface area contributed by atoms with Crippen LogP contribution in [0, 0.1) is 5.41 Å². The van der Waals surface area contributed by atoms with Crippen LogP contribution in [0.4, 0.5) is 4.79 Å². The number of hydrogen-bond acceptors (Lipinski definition) is 5. The van der Waals surface area contributed by atoms with Crippen LogP contribution < -0.4 is 11.1 Å². The summed E-state index contributed by atoms with van der Waals surface area (Å²) in [6.45, 7) is 3.65. The Morgan fingerprint density at radius 1 is 1.43 bits per heavy atom. The zero-order valence-corrected chi connectivity index (χ0v) is 12.9. The number of carbonyl (C=O) groups is 1. The fourth-order valence-corrected chi connectivity index (χ4v) is 2.84. The first kappa shape index (κ1) is 17.0. The first-order valence-electron chi connectivity index (χ1n) is 6.16. The average Bonchev–Trinajstić information content (AvgIpc) is 2.34. The number of sulfone groups is 1. The standard InChI is InChI=1S/C13H18N3O4S/c1-8(2)10-5-4-9(6-11(10)21(3,18)19)7-20-13(17)16-12(14)15/h4-6,8H,7H2,1-3H3,(H3,14,15). The van der Waals surface area contributed by atoms with Gasteiger partial charge in [0.05, 0.1) is 4.90 Å². The Kier molecular flexibility index (Phi) is 5.31. The molecule has 0 aliphatic rings. The molecule has 0 saturated heterocycles. The van der Waals surface area contributed by atoms with Crippen molar-refractivity contribution in [1.29, 1.82) is 5.41 Å². The van der Waals surface area contributed by atoms with Gasteiger partial charge in [-0.25, -0.2) is 13.2 Å². The quantitative estimate of drug-likeness (QED) is 0.641. The molecule has 0 saturated carbocycles. The smallest absolute Gasteiger partial charge is 0.437 e. The fraction of sp³-hybridized carbons (Fsp3) is 0.385. The van der Waals surface area contributed by atoms with Crippen molar-refractivity contribution in [2.24, 2.45) is 5.73 Å². The van der Waals surface area contributed by atoms with Crippen molar-refractivity contribution in [3.63, 3.8) is 0 Å². The van der Waals surface area contributed by atoms with E-state index in [2.05, 4.69) is 5.32 Å². The highest BCUT2D eigenvalue weighted by molar-refractivity contribution is 7.90. The Bertz CT molecular complexity index is 653. The Balaban J connectivity index is 2.96. The summed E-state index contributed by atoms with van der Waals surface area (Å²) >= 11 is 0. The van der Waals surface area contributed by atoms with Crippen molar-refractivity contribution in [3.05, 3.63) is 29.3 Å². The number of nitrogens with zero attached hydrogens (tertiary/aromatic N) is 1. The first-order chi connectivity index (χ1) is 9.61. The largest absolute Gasteiger partial charge is 0.443 e. The molecule has 0 atom stereocenters. The molecule has 1 aromatic rings. The van der Waals surface area contributed by atoms with E-state index in [0.29, 0.717) is 11.1 Å². The molecule has 8 heteroatoms. The van der Waals surface area contributed by atoms with Crippen molar-refractivity contribution in [2.75, 3.05) is 6.26 Å². The average molecular weight is 312 g/mol. The molecular weight excluding hydrogens is 294 g/mol. The van der Waals surface area contributed by atoms with Gasteiger partial charge in [0.15, 0.2) is 9.84 Å². The summed E-state index contributed by atoms with van der Waals surface area (Å²) in [5.74, 6) is -0.592. The van der Waals surface area contributed by atoms with Gasteiger partial charge in [0.1, 0.15) is 6.61 Å². The Morgan fingerprint density at radius 3 is 2.52 bits per heavy atom. The van der Waals surface area contributed by atoms with Crippen LogP contribution in [0.2, 0.25) is 0 Å². The van der Waals surface area contributed by atoms with Crippen molar-refractivity contribution in [3.8, 4) is 0 Å². The maximum atomic E-state index is 11.8. The van der Waals surface area contributed by atoms with Crippen molar-refractivity contribution >= 4 is 21.9 Å². The number of carbonyl (C=O) groups excluding carboxylic acids is 1. The van der Waals surface area contributed by atoms with Gasteiger partial charge in [-0.15, -0.1) is 5.32 Å². The summed E-state index contributed by atoms with van der Waals surface area (Å²) < 4.78 is 28.4. The zero-order valence-electron chi connectivity index (χ0n) is 12.1. The third-order valence-electron chi connectivity index (χ3n) is 2.67. The van der Waals surface area contributed by atoms with Gasteiger partial charge in [-0.05, 0) is 23.1 Å². The second-order valence-electron chi connectivity index (χ2n) is 4.85. The summed E-state index contributed by atoms with van der Waals surface area (Å²) in [4.78, 5) is 11.4. The van der Waals surface area contributed by atoms with Gasteiger partial charge >= 0.3 is 6.09 Å². The molecule has 1 radical (unpaired) electrons. The van der Waals surface area contributed by atoms with E-state index in [0.717, 1.165) is 6.26 Å². The van der Waals surface area contributed by atoms with Crippen LogP contribution in [0.25, 0.3) is 0 Å². The second-order valence-corrected chi connectivity index (χ2v) is 6.83. The molecule has 0 aliphatic carbocycles. The Morgan fingerprint density at radius 2 is 2.05 bits per heavy atom. The van der Waals surface area contributed by atoms with Crippen LogP contribution in [0.3, 0.4) is 0 Å². The molecule has 1 amide bonds. The van der Waals surface area contributed by atoms with Crippen LogP contribution >= 0.6 is 0 Å². The van der Waals surface area contributed by atoms with Gasteiger partial charge in [0.2, 0.25) is 5.96 Å². The van der Waals surface area contributed by atoms with E-state index in [1.54, 1.807) is 12.1 Å². The van der Waals surface area contributed by atoms with Crippen LogP contribution in [0.5, 0.6) is 0 Å². The van der Waals surface area contributed by atoms with E-state index < -0.39 is 21.9 Å². The summed E-state index contributed by atoms with van der Waals surface area (Å²) in [5, 5.41) is 9.92. The molecule has 0 aromatic heterocycles. The van der Waals surface area contributed by atoms with E-state index in [9.17, 15) is 13.2 Å². The highest BCUT2D eigenvalue weighted by atomic mass is 32.2. The topological polar surface area (TPSA) is 124 Å². The molecule has 115 valence electrons. The second kappa shape index (κ2) is 6.57. The predicted molar refractivity (Wildman–Crippen MR) is 77.9 cm³/mol. The highest BCUT2D eigenvalue weighted by Crippen LogP contribution is 2.25. The van der Waals surface area contributed by atoms with Crippen LogP contribution in [-0.4, -0.2) is 26.7 Å². The lowest BCUT2D eigenvalue weighted by Crippen LogP contribution is -2.29. The fourth-order valence-electron chi connectivity index (χ4n) is 1.74. The maximum absolute atomic E-state index is 11.8. The van der Waals surface area contributed by atoms with Gasteiger partial charge < -0.3 is 10.5 Å². The zero-order chi connectivity index (χ0) is 16.2. The van der Waals surface area contributed by atoms with Crippen LogP contribution in [-0.2, 0) is 21.2 Å². The van der Waals surface area contributed by atoms with Crippen LogP contribution in [0.1, 0.15) is 30.9 Å². The summed E-state index contributed by atoms with van der Waals surface area (Å²) in [5.41, 5.74) is 6.16. The number of hydrogen-bond donors (Lipinski definition) is 2. The predicted octanol–water partition coefficient (Wildman–Crippen LogP) is 1.35. The molecule has 0 bridgehead atoms. The summed E-state index contributed by atoms with van der Waals surface area (Å²) in [6, 6.07) is 4.86. The number of nitrogens with one attached hydrogen (secondary N) is 1. The molecule has 0 heterocycles. The number of benzene rings is 1. The van der Waals surface area contributed by atoms with Gasteiger partial charge in [-0.3, -0.25) is 5.41 Å².